The van der Waals surface area contributed by atoms with E-state index in [2.05, 4.69) is 165 Å². The Balaban J connectivity index is 0.000000341. The Morgan fingerprint density at radius 3 is 1.36 bits per heavy atom. The fourth-order valence-electron chi connectivity index (χ4n) is 12.4. The molecule has 2 atom stereocenters. The summed E-state index contributed by atoms with van der Waals surface area (Å²) in [4.78, 5) is 65.3. The molecule has 39 nitrogen and oxygen atoms in total. The minimum absolute atomic E-state index is 0.0884. The van der Waals surface area contributed by atoms with Crippen LogP contribution in [0.25, 0.3) is 10.9 Å². The number of halogens is 6. The molecule has 14 rings (SSSR count). The monoisotopic (exact) mass is 2250 g/mol. The summed E-state index contributed by atoms with van der Waals surface area (Å²) in [6.45, 7) is 48.3. The number of aliphatic hydroxyl groups is 2. The van der Waals surface area contributed by atoms with Crippen LogP contribution in [0.3, 0.4) is 0 Å². The van der Waals surface area contributed by atoms with E-state index < -0.39 is 21.2 Å². The zero-order valence-electron chi connectivity index (χ0n) is 88.3. The summed E-state index contributed by atoms with van der Waals surface area (Å²) in [5.74, 6) is 2.36. The van der Waals surface area contributed by atoms with Gasteiger partial charge < -0.3 is 86.9 Å². The lowest BCUT2D eigenvalue weighted by atomic mass is 9.90. The van der Waals surface area contributed by atoms with Gasteiger partial charge in [-0.2, -0.15) is 0 Å². The second kappa shape index (κ2) is 69.7. The molecule has 12 N–H and O–H groups in total. The molecule has 2 radical (unpaired) electrons. The fourth-order valence-corrected chi connectivity index (χ4v) is 14.8. The summed E-state index contributed by atoms with van der Waals surface area (Å²) >= 11 is 29.7. The van der Waals surface area contributed by atoms with Gasteiger partial charge in [0.2, 0.25) is 34.9 Å². The number of aryl methyl sites for hydroxylation is 10. The number of ether oxygens (including phenoxy) is 6. The van der Waals surface area contributed by atoms with Crippen molar-refractivity contribution in [3.63, 3.8) is 0 Å². The van der Waals surface area contributed by atoms with Gasteiger partial charge in [-0.05, 0) is 160 Å². The van der Waals surface area contributed by atoms with Gasteiger partial charge in [0.1, 0.15) is 40.7 Å². The summed E-state index contributed by atoms with van der Waals surface area (Å²) < 4.78 is 63.3. The molecule has 3 saturated heterocycles. The molecule has 3 aliphatic rings. The van der Waals surface area contributed by atoms with Crippen LogP contribution in [0, 0.1) is 48.5 Å². The quantitative estimate of drug-likeness (QED) is 0.00447. The average molecular weight is 2260 g/mol. The largest absolute Gasteiger partial charge is 0.478 e. The predicted octanol–water partition coefficient (Wildman–Crippen LogP) is 13.9. The zero-order valence-corrected chi connectivity index (χ0v) is 95.3. The van der Waals surface area contributed by atoms with E-state index in [1.807, 2.05) is 93.8 Å². The third kappa shape index (κ3) is 48.9. The van der Waals surface area contributed by atoms with Crippen molar-refractivity contribution in [3.05, 3.63) is 182 Å². The number of hydrogen-bond donors (Lipinski definition) is 10. The molecule has 47 heteroatoms. The number of carbonyl (C=O) groups excluding carboxylic acids is 2. The SMILES string of the molecule is BrCCOCc1ccccc1.C1CNCCN1.CC(C)(O)C(C)(C)O.CCC(Br)C(N)=O.CCCCOCCCN1CCN(C(CC)C(N)=O)CC1.CCCCOCCN1CCNCC1.COc1nn(C)cc1Nc1ncc(C)c(C)n1.COc1nn(C)cc1Nc1ncc(C)c(Cl)n1.COc1nn(C)cc1Nc1ncc(C)c(Cl)n1.Cc1cnc(Cl)nc1C.[B]c1cn(S(=O)(=O)c2ccc(C)cc2)c2c(Cl)nccc12. The number of nitrogens with one attached hydrogen (secondary N) is 6. The number of unbranched alkanes of at least 4 members (excludes halogenated alkanes) is 2. The number of nitrogens with zero attached hydrogens (tertiary/aromatic N) is 19. The van der Waals surface area contributed by atoms with Crippen LogP contribution in [-0.4, -0.2) is 305 Å². The number of nitrogens with two attached hydrogens (primary N) is 2. The van der Waals surface area contributed by atoms with Gasteiger partial charge in [-0.15, -0.1) is 15.3 Å². The highest BCUT2D eigenvalue weighted by Crippen LogP contribution is 2.30. The highest BCUT2D eigenvalue weighted by molar-refractivity contribution is 9.10. The molecule has 2 amide bonds. The number of carbonyl (C=O) groups is 2. The lowest BCUT2D eigenvalue weighted by molar-refractivity contribution is -0.124. The Bertz CT molecular complexity index is 5430. The number of benzene rings is 2. The number of piperazine rings is 3. The van der Waals surface area contributed by atoms with E-state index >= 15 is 0 Å². The number of anilines is 6. The summed E-state index contributed by atoms with van der Waals surface area (Å²) in [6, 6.07) is 18.3. The van der Waals surface area contributed by atoms with Crippen molar-refractivity contribution < 1.29 is 56.6 Å². The van der Waals surface area contributed by atoms with E-state index in [4.69, 9.17) is 104 Å². The first-order chi connectivity index (χ1) is 69.4. The van der Waals surface area contributed by atoms with Crippen LogP contribution >= 0.6 is 78.3 Å². The van der Waals surface area contributed by atoms with Crippen LogP contribution in [0.15, 0.2) is 121 Å². The van der Waals surface area contributed by atoms with Crippen LogP contribution in [0.4, 0.5) is 34.9 Å². The zero-order chi connectivity index (χ0) is 108. The third-order valence-electron chi connectivity index (χ3n) is 22.0. The Kier molecular flexibility index (Phi) is 61.5. The van der Waals surface area contributed by atoms with E-state index in [9.17, 15) is 18.0 Å². The fraction of sp³-hybridized carbons (Fsp3) is 0.535. The number of methoxy groups -OCH3 is 3. The minimum Gasteiger partial charge on any atom is -0.478 e. The van der Waals surface area contributed by atoms with Crippen molar-refractivity contribution in [1.29, 1.82) is 0 Å². The van der Waals surface area contributed by atoms with E-state index in [-0.39, 0.29) is 38.2 Å². The summed E-state index contributed by atoms with van der Waals surface area (Å²) in [5, 5.41) is 52.2. The summed E-state index contributed by atoms with van der Waals surface area (Å²) in [6.07, 6.45) is 22.5. The number of alkyl halides is 2. The molecule has 0 saturated carbocycles. The summed E-state index contributed by atoms with van der Waals surface area (Å²) in [7, 11) is 12.2. The van der Waals surface area contributed by atoms with E-state index in [0.717, 1.165) is 191 Å². The summed E-state index contributed by atoms with van der Waals surface area (Å²) in [5.41, 5.74) is 18.9. The van der Waals surface area contributed by atoms with Crippen LogP contribution < -0.4 is 63.0 Å². The molecule has 12 heterocycles. The Labute approximate surface area is 900 Å². The minimum atomic E-state index is -3.77. The molecule has 9 aromatic heterocycles. The maximum absolute atomic E-state index is 12.7. The number of pyridine rings is 1. The standard InChI is InChI=1S/C15H31N3O2.C14H10BClN2O2S.C11H15N5O.2C10H12ClN5O.C10H22N2O.C9H11BrO.C6H7ClN2.C6H14O2.C4H8BrNO.C4H10N2/c1-3-5-12-20-13-6-7-17-8-10-18(11-9-17)14(4-2)15(16)19;1-9-2-4-10(5-3-9)21(19,20)18-8-12(15)11-6-7-17-14(16)13(11)18;1-7-5-12-11(13-8(7)2)14-9-6-16(3)15-10(9)17-4;2*1-6-4-12-10(14-8(6)11)13-7-5-16(2)15-9(7)17-3;1-2-3-9-13-10-8-12-6-4-11-5-7-12;10-6-7-11-8-9-4-2-1-3-5-9;1-4-3-8-6(7)9-5(4)2;1-5(2,7)6(3,4)8;1-2-3(5)4(6)7;1-2-6-4-3-5-1/h14H,3-13H2,1-2H3,(H2,16,19);2-8H,1H3;5-6H,1-4H3,(H,12,13,14);2*4-5H,1-3H3,(H,12,13,14);11H,2-10H2,1H3;1-5H,6-8H2;3H,1-2H3;7-8H,1-4H3;3H,2H2,1H3,(H2,6,7);5-6H,1-4H2. The van der Waals surface area contributed by atoms with Crippen molar-refractivity contribution in [3.8, 4) is 17.6 Å². The molecular weight excluding hydrogens is 2100 g/mol. The van der Waals surface area contributed by atoms with Gasteiger partial charge in [0, 0.05) is 198 Å². The molecule has 2 aromatic carbocycles. The lowest BCUT2D eigenvalue weighted by Crippen LogP contribution is -2.54. The van der Waals surface area contributed by atoms with Crippen molar-refractivity contribution >= 4 is 159 Å². The van der Waals surface area contributed by atoms with E-state index in [0.29, 0.717) is 79.9 Å². The Hall–Kier alpha value is -9.49. The van der Waals surface area contributed by atoms with Gasteiger partial charge in [0.05, 0.1) is 86.7 Å². The highest BCUT2D eigenvalue weighted by Gasteiger charge is 2.32. The van der Waals surface area contributed by atoms with E-state index in [1.54, 1.807) is 145 Å². The molecule has 3 fully saturated rings. The normalized spacial score (nSPS) is 13.4. The molecule has 0 spiro atoms. The van der Waals surface area contributed by atoms with Gasteiger partial charge >= 0.3 is 0 Å². The van der Waals surface area contributed by atoms with Crippen LogP contribution in [0.5, 0.6) is 17.6 Å². The molecule has 146 heavy (non-hydrogen) atoms. The second-order valence-corrected chi connectivity index (χ2v) is 39.8. The molecule has 806 valence electrons. The lowest BCUT2D eigenvalue weighted by Gasteiger charge is -2.37. The topological polar surface area (TPSA) is 472 Å². The average Bonchev–Trinajstić information content (AvgIpc) is 1.60. The smallest absolute Gasteiger partial charge is 0.268 e. The predicted molar refractivity (Wildman–Crippen MR) is 592 cm³/mol. The third-order valence-corrected chi connectivity index (χ3v) is 26.3. The van der Waals surface area contributed by atoms with Gasteiger partial charge in [0.25, 0.3) is 27.7 Å². The second-order valence-electron chi connectivity index (χ2n) is 34.7. The van der Waals surface area contributed by atoms with Crippen LogP contribution in [-0.2, 0) is 61.6 Å². The van der Waals surface area contributed by atoms with Crippen molar-refractivity contribution in [2.75, 3.05) is 167 Å². The van der Waals surface area contributed by atoms with Gasteiger partial charge in [0.15, 0.2) is 5.15 Å². The number of fused-ring (bicyclic) bond motifs is 1. The van der Waals surface area contributed by atoms with Gasteiger partial charge in [-0.1, -0.05) is 161 Å². The molecular formula is C99H152BBr2Cl4N27O12S. The van der Waals surface area contributed by atoms with Crippen LogP contribution in [0.1, 0.15) is 145 Å². The molecule has 0 aliphatic carbocycles. The first kappa shape index (κ1) is 129. The van der Waals surface area contributed by atoms with Crippen molar-refractivity contribution in [2.45, 2.75) is 182 Å². The number of rotatable bonds is 34. The molecule has 3 aliphatic heterocycles. The first-order valence-corrected chi connectivity index (χ1v) is 53.2. The van der Waals surface area contributed by atoms with Crippen LogP contribution in [0.2, 0.25) is 20.7 Å². The maximum Gasteiger partial charge on any atom is 0.268 e. The van der Waals surface area contributed by atoms with E-state index in [1.165, 1.54) is 50.3 Å². The number of hydrogen-bond acceptors (Lipinski definition) is 33. The van der Waals surface area contributed by atoms with Crippen molar-refractivity contribution in [2.24, 2.45) is 32.6 Å². The molecule has 0 bridgehead atoms. The number of amides is 2. The Morgan fingerprint density at radius 1 is 0.521 bits per heavy atom. The van der Waals surface area contributed by atoms with Crippen molar-refractivity contribution in [1.82, 2.24) is 109 Å². The molecule has 2 unspecified atom stereocenters. The van der Waals surface area contributed by atoms with Gasteiger partial charge in [-0.3, -0.25) is 33.4 Å². The number of primary amides is 2. The van der Waals surface area contributed by atoms with Gasteiger partial charge in [-0.25, -0.2) is 57.2 Å². The number of aromatic nitrogens is 16. The maximum atomic E-state index is 12.7. The first-order valence-electron chi connectivity index (χ1n) is 48.2. The molecule has 11 aromatic rings. The Morgan fingerprint density at radius 2 is 0.959 bits per heavy atom. The highest BCUT2D eigenvalue weighted by atomic mass is 79.9.